The molecule has 26 heavy (non-hydrogen) atoms. The van der Waals surface area contributed by atoms with E-state index in [1.807, 2.05) is 0 Å². The number of nitrogens with zero attached hydrogens (tertiary/aromatic N) is 1. The third-order valence-corrected chi connectivity index (χ3v) is 3.66. The van der Waals surface area contributed by atoms with E-state index >= 15 is 0 Å². The lowest BCUT2D eigenvalue weighted by Gasteiger charge is -2.23. The van der Waals surface area contributed by atoms with Crippen LogP contribution in [0.25, 0.3) is 0 Å². The Kier molecular flexibility index (Phi) is 6.07. The molecule has 2 rings (SSSR count). The first kappa shape index (κ1) is 19.6. The Hall–Kier alpha value is -2.77. The number of carbonyl (C=O) groups is 1. The van der Waals surface area contributed by atoms with Gasteiger partial charge in [0, 0.05) is 18.2 Å². The van der Waals surface area contributed by atoms with E-state index in [1.165, 1.54) is 42.3 Å². The van der Waals surface area contributed by atoms with Gasteiger partial charge >= 0.3 is 12.4 Å². The van der Waals surface area contributed by atoms with Crippen LogP contribution < -0.4 is 10.1 Å². The van der Waals surface area contributed by atoms with Gasteiger partial charge in [0.1, 0.15) is 11.6 Å². The fourth-order valence-electron chi connectivity index (χ4n) is 2.39. The number of alkyl halides is 3. The second-order valence-electron chi connectivity index (χ2n) is 5.70. The highest BCUT2D eigenvalue weighted by Gasteiger charge is 2.32. The van der Waals surface area contributed by atoms with Gasteiger partial charge in [0.15, 0.2) is 0 Å². The minimum Gasteiger partial charge on any atom is -0.405 e. The summed E-state index contributed by atoms with van der Waals surface area (Å²) in [7, 11) is 1.42. The topological polar surface area (TPSA) is 41.6 Å². The molecular formula is C18H18F4N2O2. The second kappa shape index (κ2) is 8.07. The van der Waals surface area contributed by atoms with Crippen molar-refractivity contribution in [1.82, 2.24) is 10.2 Å². The Morgan fingerprint density at radius 3 is 2.42 bits per heavy atom. The van der Waals surface area contributed by atoms with Crippen LogP contribution in [-0.4, -0.2) is 24.3 Å². The Morgan fingerprint density at radius 2 is 1.77 bits per heavy atom. The lowest BCUT2D eigenvalue weighted by molar-refractivity contribution is -0.275. The van der Waals surface area contributed by atoms with Crippen molar-refractivity contribution >= 4 is 6.03 Å². The molecule has 0 aromatic heterocycles. The summed E-state index contributed by atoms with van der Waals surface area (Å²) in [5.74, 6) is -0.825. The van der Waals surface area contributed by atoms with Crippen LogP contribution in [0.4, 0.5) is 22.4 Å². The SMILES string of the molecule is CC(NC(=O)N(C)Cc1ccccc1OC(F)(F)F)c1ccccc1F. The third kappa shape index (κ3) is 5.37. The molecule has 4 nitrogen and oxygen atoms in total. The van der Waals surface area contributed by atoms with Crippen LogP contribution in [0.1, 0.15) is 24.1 Å². The number of hydrogen-bond acceptors (Lipinski definition) is 2. The van der Waals surface area contributed by atoms with Crippen LogP contribution in [0.15, 0.2) is 48.5 Å². The maximum atomic E-state index is 13.8. The average Bonchev–Trinajstić information content (AvgIpc) is 2.55. The van der Waals surface area contributed by atoms with Gasteiger partial charge in [-0.2, -0.15) is 0 Å². The van der Waals surface area contributed by atoms with Gasteiger partial charge < -0.3 is 15.0 Å². The number of rotatable bonds is 5. The maximum absolute atomic E-state index is 13.8. The van der Waals surface area contributed by atoms with Crippen molar-refractivity contribution in [2.75, 3.05) is 7.05 Å². The molecule has 0 aliphatic heterocycles. The van der Waals surface area contributed by atoms with Crippen LogP contribution in [0.2, 0.25) is 0 Å². The van der Waals surface area contributed by atoms with E-state index in [9.17, 15) is 22.4 Å². The Labute approximate surface area is 148 Å². The van der Waals surface area contributed by atoms with Gasteiger partial charge in [0.2, 0.25) is 0 Å². The molecule has 140 valence electrons. The van der Waals surface area contributed by atoms with Crippen molar-refractivity contribution in [2.45, 2.75) is 25.9 Å². The largest absolute Gasteiger partial charge is 0.573 e. The molecule has 2 aromatic carbocycles. The summed E-state index contributed by atoms with van der Waals surface area (Å²) < 4.78 is 55.1. The van der Waals surface area contributed by atoms with Gasteiger partial charge in [-0.05, 0) is 19.1 Å². The highest BCUT2D eigenvalue weighted by atomic mass is 19.4. The third-order valence-electron chi connectivity index (χ3n) is 3.66. The number of ether oxygens (including phenoxy) is 1. The van der Waals surface area contributed by atoms with E-state index < -0.39 is 24.3 Å². The molecule has 1 atom stereocenters. The molecule has 0 aliphatic rings. The summed E-state index contributed by atoms with van der Waals surface area (Å²) in [6.45, 7) is 1.51. The van der Waals surface area contributed by atoms with Crippen molar-refractivity contribution in [1.29, 1.82) is 0 Å². The van der Waals surface area contributed by atoms with E-state index in [1.54, 1.807) is 25.1 Å². The van der Waals surface area contributed by atoms with Crippen molar-refractivity contribution in [3.63, 3.8) is 0 Å². The van der Waals surface area contributed by atoms with Crippen LogP contribution in [-0.2, 0) is 6.54 Å². The Morgan fingerprint density at radius 1 is 1.15 bits per heavy atom. The van der Waals surface area contributed by atoms with E-state index in [0.29, 0.717) is 5.56 Å². The molecule has 1 unspecified atom stereocenters. The van der Waals surface area contributed by atoms with Crippen LogP contribution >= 0.6 is 0 Å². The van der Waals surface area contributed by atoms with Gasteiger partial charge in [-0.15, -0.1) is 13.2 Å². The smallest absolute Gasteiger partial charge is 0.405 e. The number of nitrogens with one attached hydrogen (secondary N) is 1. The Bertz CT molecular complexity index is 765. The normalized spacial score (nSPS) is 12.4. The summed E-state index contributed by atoms with van der Waals surface area (Å²) in [6.07, 6.45) is -4.82. The fraction of sp³-hybridized carbons (Fsp3) is 0.278. The first-order valence-corrected chi connectivity index (χ1v) is 7.77. The molecule has 0 fully saturated rings. The molecule has 0 saturated heterocycles. The van der Waals surface area contributed by atoms with Crippen molar-refractivity contribution in [3.8, 4) is 5.75 Å². The zero-order valence-electron chi connectivity index (χ0n) is 14.2. The first-order chi connectivity index (χ1) is 12.2. The minimum atomic E-state index is -4.82. The molecule has 0 heterocycles. The number of amides is 2. The monoisotopic (exact) mass is 370 g/mol. The van der Waals surface area contributed by atoms with Gasteiger partial charge in [0.25, 0.3) is 0 Å². The van der Waals surface area contributed by atoms with Crippen LogP contribution in [0, 0.1) is 5.82 Å². The average molecular weight is 370 g/mol. The molecular weight excluding hydrogens is 352 g/mol. The highest BCUT2D eigenvalue weighted by Crippen LogP contribution is 2.27. The molecule has 0 spiro atoms. The van der Waals surface area contributed by atoms with Gasteiger partial charge in [-0.1, -0.05) is 36.4 Å². The van der Waals surface area contributed by atoms with E-state index in [0.717, 1.165) is 0 Å². The summed E-state index contributed by atoms with van der Waals surface area (Å²) in [4.78, 5) is 13.5. The summed E-state index contributed by atoms with van der Waals surface area (Å²) in [5, 5.41) is 2.61. The van der Waals surface area contributed by atoms with Crippen LogP contribution in [0.3, 0.4) is 0 Å². The molecule has 0 bridgehead atoms. The summed E-state index contributed by atoms with van der Waals surface area (Å²) in [5.41, 5.74) is 0.510. The van der Waals surface area contributed by atoms with Crippen molar-refractivity contribution in [3.05, 3.63) is 65.5 Å². The number of benzene rings is 2. The molecule has 2 aromatic rings. The summed E-state index contributed by atoms with van der Waals surface area (Å²) in [6, 6.07) is 10.4. The highest BCUT2D eigenvalue weighted by molar-refractivity contribution is 5.74. The Balaban J connectivity index is 2.05. The zero-order valence-corrected chi connectivity index (χ0v) is 14.2. The standard InChI is InChI=1S/C18H18F4N2O2/c1-12(14-8-4-5-9-15(14)19)23-17(25)24(2)11-13-7-3-6-10-16(13)26-18(20,21)22/h3-10,12H,11H2,1-2H3,(H,23,25). The fourth-order valence-corrected chi connectivity index (χ4v) is 2.39. The molecule has 0 aliphatic carbocycles. The van der Waals surface area contributed by atoms with Crippen molar-refractivity contribution < 1.29 is 27.1 Å². The van der Waals surface area contributed by atoms with E-state index in [4.69, 9.17) is 0 Å². The summed E-state index contributed by atoms with van der Waals surface area (Å²) >= 11 is 0. The predicted molar refractivity (Wildman–Crippen MR) is 87.9 cm³/mol. The number of para-hydroxylation sites is 1. The lowest BCUT2D eigenvalue weighted by Crippen LogP contribution is -2.38. The number of urea groups is 1. The number of halogens is 4. The number of hydrogen-bond donors (Lipinski definition) is 1. The van der Waals surface area contributed by atoms with Gasteiger partial charge in [-0.3, -0.25) is 0 Å². The zero-order chi connectivity index (χ0) is 19.3. The first-order valence-electron chi connectivity index (χ1n) is 7.77. The molecule has 1 N–H and O–H groups in total. The molecule has 2 amide bonds. The minimum absolute atomic E-state index is 0.109. The lowest BCUT2D eigenvalue weighted by atomic mass is 10.1. The molecule has 0 radical (unpaired) electrons. The second-order valence-corrected chi connectivity index (χ2v) is 5.70. The van der Waals surface area contributed by atoms with Gasteiger partial charge in [-0.25, -0.2) is 9.18 Å². The molecule has 8 heteroatoms. The quantitative estimate of drug-likeness (QED) is 0.780. The van der Waals surface area contributed by atoms with Crippen LogP contribution in [0.5, 0.6) is 5.75 Å². The van der Waals surface area contributed by atoms with Gasteiger partial charge in [0.05, 0.1) is 12.6 Å². The number of carbonyl (C=O) groups excluding carboxylic acids is 1. The maximum Gasteiger partial charge on any atom is 0.573 e. The predicted octanol–water partition coefficient (Wildman–Crippen LogP) is 4.63. The van der Waals surface area contributed by atoms with Crippen molar-refractivity contribution in [2.24, 2.45) is 0 Å². The van der Waals surface area contributed by atoms with E-state index in [2.05, 4.69) is 10.1 Å². The molecule has 0 saturated carbocycles. The van der Waals surface area contributed by atoms with E-state index in [-0.39, 0.29) is 17.9 Å².